The number of anilines is 1. The van der Waals surface area contributed by atoms with Gasteiger partial charge in [0.25, 0.3) is 0 Å². The lowest BCUT2D eigenvalue weighted by atomic mass is 10.0. The first-order valence-corrected chi connectivity index (χ1v) is 8.63. The number of carboxylic acid groups (broad SMARTS) is 1. The van der Waals surface area contributed by atoms with Crippen LogP contribution in [0.4, 0.5) is 5.13 Å². The summed E-state index contributed by atoms with van der Waals surface area (Å²) in [6.07, 6.45) is 0.900. The molecule has 1 aromatic rings. The number of likely N-dealkylation sites (N-methyl/N-ethyl adjacent to an activating group) is 1. The second-order valence-corrected chi connectivity index (χ2v) is 7.62. The summed E-state index contributed by atoms with van der Waals surface area (Å²) < 4.78 is 24.3. The number of nitrogens with zero attached hydrogens (tertiary/aromatic N) is 2. The molecule has 1 amide bonds. The minimum absolute atomic E-state index is 0.102. The Kier molecular flexibility index (Phi) is 4.95. The van der Waals surface area contributed by atoms with E-state index in [-0.39, 0.29) is 11.6 Å². The SMILES string of the molecule is CN(C(=O)Cc1csc(NS(C)(=O)=O)n1)C(C)(C)C(=O)O. The number of nitrogens with one attached hydrogen (secondary N) is 1. The molecule has 10 heteroatoms. The second kappa shape index (κ2) is 5.98. The summed E-state index contributed by atoms with van der Waals surface area (Å²) in [6.45, 7) is 2.84. The highest BCUT2D eigenvalue weighted by Crippen LogP contribution is 2.19. The topological polar surface area (TPSA) is 117 Å². The first kappa shape index (κ1) is 17.4. The quantitative estimate of drug-likeness (QED) is 0.776. The van der Waals surface area contributed by atoms with Gasteiger partial charge in [0, 0.05) is 12.4 Å². The van der Waals surface area contributed by atoms with Crippen molar-refractivity contribution in [1.29, 1.82) is 0 Å². The van der Waals surface area contributed by atoms with E-state index in [2.05, 4.69) is 9.71 Å². The van der Waals surface area contributed by atoms with Crippen LogP contribution in [0.2, 0.25) is 0 Å². The fourth-order valence-electron chi connectivity index (χ4n) is 1.32. The third-order valence-corrected chi connectivity index (χ3v) is 4.39. The molecule has 0 aromatic carbocycles. The van der Waals surface area contributed by atoms with Crippen molar-refractivity contribution in [1.82, 2.24) is 9.88 Å². The van der Waals surface area contributed by atoms with Crippen LogP contribution in [0.1, 0.15) is 19.5 Å². The smallest absolute Gasteiger partial charge is 0.329 e. The zero-order valence-electron chi connectivity index (χ0n) is 12.1. The van der Waals surface area contributed by atoms with Gasteiger partial charge in [0.05, 0.1) is 18.4 Å². The van der Waals surface area contributed by atoms with Crippen LogP contribution < -0.4 is 4.72 Å². The highest BCUT2D eigenvalue weighted by atomic mass is 32.2. The molecular formula is C11H17N3O5S2. The van der Waals surface area contributed by atoms with Crippen molar-refractivity contribution in [2.45, 2.75) is 25.8 Å². The van der Waals surface area contributed by atoms with E-state index in [1.807, 2.05) is 0 Å². The molecule has 1 heterocycles. The summed E-state index contributed by atoms with van der Waals surface area (Å²) in [4.78, 5) is 28.2. The predicted molar refractivity (Wildman–Crippen MR) is 78.8 cm³/mol. The number of amides is 1. The van der Waals surface area contributed by atoms with Crippen LogP contribution >= 0.6 is 11.3 Å². The fourth-order valence-corrected chi connectivity index (χ4v) is 2.89. The molecule has 118 valence electrons. The van der Waals surface area contributed by atoms with Crippen molar-refractivity contribution in [3.05, 3.63) is 11.1 Å². The minimum Gasteiger partial charge on any atom is -0.480 e. The van der Waals surface area contributed by atoms with Gasteiger partial charge in [-0.25, -0.2) is 18.2 Å². The van der Waals surface area contributed by atoms with Crippen molar-refractivity contribution in [2.24, 2.45) is 0 Å². The summed E-state index contributed by atoms with van der Waals surface area (Å²) in [5, 5.41) is 10.8. The molecule has 8 nitrogen and oxygen atoms in total. The van der Waals surface area contributed by atoms with Crippen molar-refractivity contribution in [2.75, 3.05) is 18.0 Å². The maximum absolute atomic E-state index is 12.0. The van der Waals surface area contributed by atoms with Gasteiger partial charge in [-0.2, -0.15) is 0 Å². The van der Waals surface area contributed by atoms with Gasteiger partial charge in [0.1, 0.15) is 5.54 Å². The molecule has 0 aliphatic heterocycles. The van der Waals surface area contributed by atoms with Crippen molar-refractivity contribution < 1.29 is 23.1 Å². The van der Waals surface area contributed by atoms with Gasteiger partial charge in [0.15, 0.2) is 5.13 Å². The Bertz CT molecular complexity index is 651. The summed E-state index contributed by atoms with van der Waals surface area (Å²) in [5.41, 5.74) is -0.954. The Balaban J connectivity index is 2.78. The molecule has 0 aliphatic rings. The molecule has 0 radical (unpaired) electrons. The van der Waals surface area contributed by atoms with E-state index in [1.54, 1.807) is 5.38 Å². The number of hydrogen-bond acceptors (Lipinski definition) is 6. The molecule has 0 bridgehead atoms. The summed E-state index contributed by atoms with van der Waals surface area (Å²) >= 11 is 1.06. The van der Waals surface area contributed by atoms with Crippen LogP contribution in [-0.4, -0.2) is 54.1 Å². The highest BCUT2D eigenvalue weighted by molar-refractivity contribution is 7.92. The normalized spacial score (nSPS) is 12.0. The monoisotopic (exact) mass is 335 g/mol. The van der Waals surface area contributed by atoms with Gasteiger partial charge in [-0.3, -0.25) is 9.52 Å². The van der Waals surface area contributed by atoms with Gasteiger partial charge in [-0.15, -0.1) is 11.3 Å². The molecule has 0 fully saturated rings. The average molecular weight is 335 g/mol. The number of hydrogen-bond donors (Lipinski definition) is 2. The van der Waals surface area contributed by atoms with Crippen LogP contribution in [0.3, 0.4) is 0 Å². The predicted octanol–water partition coefficient (Wildman–Crippen LogP) is 0.379. The molecule has 21 heavy (non-hydrogen) atoms. The largest absolute Gasteiger partial charge is 0.480 e. The first-order valence-electron chi connectivity index (χ1n) is 5.85. The van der Waals surface area contributed by atoms with Gasteiger partial charge in [0.2, 0.25) is 15.9 Å². The maximum Gasteiger partial charge on any atom is 0.329 e. The number of thiazole rings is 1. The average Bonchev–Trinajstić information content (AvgIpc) is 2.72. The van der Waals surface area contributed by atoms with E-state index >= 15 is 0 Å². The van der Waals surface area contributed by atoms with Crippen LogP contribution in [0.5, 0.6) is 0 Å². The van der Waals surface area contributed by atoms with Gasteiger partial charge >= 0.3 is 5.97 Å². The van der Waals surface area contributed by atoms with Gasteiger partial charge < -0.3 is 10.0 Å². The summed E-state index contributed by atoms with van der Waals surface area (Å²) in [5.74, 6) is -1.53. The van der Waals surface area contributed by atoms with Crippen molar-refractivity contribution in [3.8, 4) is 0 Å². The molecule has 1 rings (SSSR count). The Morgan fingerprint density at radius 3 is 2.52 bits per heavy atom. The van der Waals surface area contributed by atoms with Gasteiger partial charge in [-0.05, 0) is 13.8 Å². The van der Waals surface area contributed by atoms with E-state index < -0.39 is 27.4 Å². The third kappa shape index (κ3) is 4.67. The standard InChI is InChI=1S/C11H17N3O5S2/c1-11(2,9(16)17)14(3)8(15)5-7-6-20-10(12-7)13-21(4,18)19/h6H,5H2,1-4H3,(H,12,13)(H,16,17). The molecule has 0 atom stereocenters. The number of aromatic nitrogens is 1. The van der Waals surface area contributed by atoms with Gasteiger partial charge in [-0.1, -0.05) is 0 Å². The Morgan fingerprint density at radius 1 is 1.48 bits per heavy atom. The molecular weight excluding hydrogens is 318 g/mol. The van der Waals surface area contributed by atoms with E-state index in [9.17, 15) is 18.0 Å². The third-order valence-electron chi connectivity index (χ3n) is 2.89. The number of carbonyl (C=O) groups excluding carboxylic acids is 1. The minimum atomic E-state index is -3.42. The van der Waals surface area contributed by atoms with Crippen molar-refractivity contribution in [3.63, 3.8) is 0 Å². The molecule has 0 saturated heterocycles. The zero-order chi connectivity index (χ0) is 16.4. The Labute approximate surface area is 126 Å². The molecule has 0 unspecified atom stereocenters. The first-order chi connectivity index (χ1) is 9.43. The summed E-state index contributed by atoms with van der Waals surface area (Å²) in [6, 6.07) is 0. The van der Waals surface area contributed by atoms with E-state index in [0.717, 1.165) is 22.5 Å². The van der Waals surface area contributed by atoms with Crippen LogP contribution in [-0.2, 0) is 26.0 Å². The number of carbonyl (C=O) groups is 2. The molecule has 2 N–H and O–H groups in total. The molecule has 1 aromatic heterocycles. The highest BCUT2D eigenvalue weighted by Gasteiger charge is 2.35. The Hall–Kier alpha value is -1.68. The summed E-state index contributed by atoms with van der Waals surface area (Å²) in [7, 11) is -2.02. The molecule has 0 spiro atoms. The lowest BCUT2D eigenvalue weighted by Crippen LogP contribution is -2.51. The fraction of sp³-hybridized carbons (Fsp3) is 0.545. The molecule has 0 aliphatic carbocycles. The lowest BCUT2D eigenvalue weighted by Gasteiger charge is -2.31. The van der Waals surface area contributed by atoms with E-state index in [0.29, 0.717) is 5.69 Å². The zero-order valence-corrected chi connectivity index (χ0v) is 13.7. The lowest BCUT2D eigenvalue weighted by molar-refractivity contribution is -0.155. The maximum atomic E-state index is 12.0. The molecule has 0 saturated carbocycles. The van der Waals surface area contributed by atoms with Crippen LogP contribution in [0.25, 0.3) is 0 Å². The Morgan fingerprint density at radius 2 is 2.05 bits per heavy atom. The van der Waals surface area contributed by atoms with Crippen LogP contribution in [0, 0.1) is 0 Å². The van der Waals surface area contributed by atoms with Crippen molar-refractivity contribution >= 4 is 38.4 Å². The number of carboxylic acids is 1. The van der Waals surface area contributed by atoms with E-state index in [1.165, 1.54) is 20.9 Å². The number of rotatable bonds is 6. The van der Waals surface area contributed by atoms with E-state index in [4.69, 9.17) is 5.11 Å². The number of sulfonamides is 1. The van der Waals surface area contributed by atoms with Crippen LogP contribution in [0.15, 0.2) is 5.38 Å². The second-order valence-electron chi connectivity index (χ2n) is 5.01. The number of aliphatic carboxylic acids is 1.